The third-order valence-corrected chi connectivity index (χ3v) is 7.19. The topological polar surface area (TPSA) is 95.6 Å². The largest absolute Gasteiger partial charge is 0.348 e. The number of anilines is 1. The molecule has 0 bridgehead atoms. The van der Waals surface area contributed by atoms with E-state index >= 15 is 0 Å². The fraction of sp³-hybridized carbons (Fsp3) is 0.231. The Kier molecular flexibility index (Phi) is 6.98. The SMILES string of the molecule is Cc1ccccc1NS(=O)(=O)c1ccc(C(=O)NCc2cccc(CN3CCCC3=O)c2)cc1. The van der Waals surface area contributed by atoms with Gasteiger partial charge in [-0.15, -0.1) is 0 Å². The Bertz CT molecular complexity index is 1300. The molecule has 0 spiro atoms. The molecule has 1 saturated heterocycles. The number of rotatable bonds is 8. The number of nitrogens with one attached hydrogen (secondary N) is 2. The molecule has 1 aliphatic rings. The van der Waals surface area contributed by atoms with Crippen molar-refractivity contribution in [2.24, 2.45) is 0 Å². The van der Waals surface area contributed by atoms with Crippen molar-refractivity contribution in [2.45, 2.75) is 37.8 Å². The van der Waals surface area contributed by atoms with Crippen molar-refractivity contribution < 1.29 is 18.0 Å². The van der Waals surface area contributed by atoms with Crippen molar-refractivity contribution in [1.82, 2.24) is 10.2 Å². The Morgan fingerprint density at radius 3 is 2.41 bits per heavy atom. The van der Waals surface area contributed by atoms with E-state index in [1.54, 1.807) is 12.1 Å². The Labute approximate surface area is 199 Å². The van der Waals surface area contributed by atoms with Gasteiger partial charge in [0.1, 0.15) is 0 Å². The van der Waals surface area contributed by atoms with E-state index in [-0.39, 0.29) is 16.7 Å². The smallest absolute Gasteiger partial charge is 0.261 e. The number of amides is 2. The highest BCUT2D eigenvalue weighted by atomic mass is 32.2. The van der Waals surface area contributed by atoms with Crippen LogP contribution in [0.4, 0.5) is 5.69 Å². The maximum Gasteiger partial charge on any atom is 0.261 e. The van der Waals surface area contributed by atoms with Gasteiger partial charge < -0.3 is 10.2 Å². The first kappa shape index (κ1) is 23.5. The van der Waals surface area contributed by atoms with Crippen LogP contribution in [0.1, 0.15) is 39.9 Å². The summed E-state index contributed by atoms with van der Waals surface area (Å²) in [7, 11) is -3.76. The third kappa shape index (κ3) is 5.63. The number of benzene rings is 3. The van der Waals surface area contributed by atoms with Crippen molar-refractivity contribution in [1.29, 1.82) is 0 Å². The lowest BCUT2D eigenvalue weighted by atomic mass is 10.1. The molecule has 0 aromatic heterocycles. The number of carbonyl (C=O) groups excluding carboxylic acids is 2. The normalized spacial score (nSPS) is 13.7. The van der Waals surface area contributed by atoms with E-state index in [0.29, 0.717) is 30.8 Å². The minimum absolute atomic E-state index is 0.0801. The van der Waals surface area contributed by atoms with Gasteiger partial charge in [0.15, 0.2) is 0 Å². The number of hydrogen-bond acceptors (Lipinski definition) is 4. The van der Waals surface area contributed by atoms with Crippen molar-refractivity contribution in [2.75, 3.05) is 11.3 Å². The summed E-state index contributed by atoms with van der Waals surface area (Å²) in [5.41, 5.74) is 3.66. The molecule has 2 N–H and O–H groups in total. The van der Waals surface area contributed by atoms with E-state index < -0.39 is 10.0 Å². The Balaban J connectivity index is 1.36. The van der Waals surface area contributed by atoms with Crippen LogP contribution >= 0.6 is 0 Å². The zero-order chi connectivity index (χ0) is 24.1. The number of carbonyl (C=O) groups is 2. The van der Waals surface area contributed by atoms with Gasteiger partial charge >= 0.3 is 0 Å². The molecule has 0 unspecified atom stereocenters. The highest BCUT2D eigenvalue weighted by molar-refractivity contribution is 7.92. The Morgan fingerprint density at radius 2 is 1.71 bits per heavy atom. The first-order chi connectivity index (χ1) is 16.3. The molecule has 3 aromatic rings. The molecule has 0 aliphatic carbocycles. The summed E-state index contributed by atoms with van der Waals surface area (Å²) in [4.78, 5) is 26.4. The quantitative estimate of drug-likeness (QED) is 0.515. The Hall–Kier alpha value is -3.65. The van der Waals surface area contributed by atoms with E-state index in [2.05, 4.69) is 10.0 Å². The van der Waals surface area contributed by atoms with Crippen LogP contribution in [-0.4, -0.2) is 31.7 Å². The monoisotopic (exact) mass is 477 g/mol. The van der Waals surface area contributed by atoms with Crippen molar-refractivity contribution in [3.63, 3.8) is 0 Å². The lowest BCUT2D eigenvalue weighted by Gasteiger charge is -2.16. The molecule has 0 radical (unpaired) electrons. The number of likely N-dealkylation sites (tertiary alicyclic amines) is 1. The average molecular weight is 478 g/mol. The zero-order valence-electron chi connectivity index (χ0n) is 19.0. The van der Waals surface area contributed by atoms with Gasteiger partial charge in [-0.2, -0.15) is 0 Å². The maximum atomic E-state index is 12.7. The van der Waals surface area contributed by atoms with Crippen molar-refractivity contribution in [3.05, 3.63) is 95.1 Å². The lowest BCUT2D eigenvalue weighted by Crippen LogP contribution is -2.24. The highest BCUT2D eigenvalue weighted by Crippen LogP contribution is 2.20. The molecule has 4 rings (SSSR count). The van der Waals surface area contributed by atoms with E-state index in [9.17, 15) is 18.0 Å². The summed E-state index contributed by atoms with van der Waals surface area (Å²) in [6.07, 6.45) is 1.51. The number of hydrogen-bond donors (Lipinski definition) is 2. The molecule has 0 atom stereocenters. The average Bonchev–Trinajstić information content (AvgIpc) is 3.23. The molecule has 1 aliphatic heterocycles. The molecular weight excluding hydrogens is 450 g/mol. The van der Waals surface area contributed by atoms with Crippen LogP contribution in [-0.2, 0) is 27.9 Å². The van der Waals surface area contributed by atoms with Crippen LogP contribution in [0, 0.1) is 6.92 Å². The molecule has 34 heavy (non-hydrogen) atoms. The number of sulfonamides is 1. The molecule has 8 heteroatoms. The van der Waals surface area contributed by atoms with Gasteiger partial charge in [-0.1, -0.05) is 42.5 Å². The first-order valence-corrected chi connectivity index (χ1v) is 12.6. The highest BCUT2D eigenvalue weighted by Gasteiger charge is 2.20. The van der Waals surface area contributed by atoms with Crippen LogP contribution in [0.5, 0.6) is 0 Å². The van der Waals surface area contributed by atoms with Crippen LogP contribution in [0.3, 0.4) is 0 Å². The van der Waals surface area contributed by atoms with Crippen LogP contribution in [0.2, 0.25) is 0 Å². The molecule has 176 valence electrons. The molecule has 0 saturated carbocycles. The maximum absolute atomic E-state index is 12.7. The second kappa shape index (κ2) is 10.1. The number of aryl methyl sites for hydroxylation is 1. The van der Waals surface area contributed by atoms with Gasteiger partial charge in [0.25, 0.3) is 15.9 Å². The predicted molar refractivity (Wildman–Crippen MR) is 131 cm³/mol. The van der Waals surface area contributed by atoms with Gasteiger partial charge in [-0.05, 0) is 60.4 Å². The fourth-order valence-corrected chi connectivity index (χ4v) is 5.02. The summed E-state index contributed by atoms with van der Waals surface area (Å²) in [5.74, 6) is -0.116. The molecular formula is C26H27N3O4S. The number of nitrogens with zero attached hydrogens (tertiary/aromatic N) is 1. The zero-order valence-corrected chi connectivity index (χ0v) is 19.8. The first-order valence-electron chi connectivity index (χ1n) is 11.1. The minimum Gasteiger partial charge on any atom is -0.348 e. The van der Waals surface area contributed by atoms with Gasteiger partial charge in [-0.25, -0.2) is 8.42 Å². The second-order valence-electron chi connectivity index (χ2n) is 8.37. The van der Waals surface area contributed by atoms with E-state index in [4.69, 9.17) is 0 Å². The van der Waals surface area contributed by atoms with Crippen LogP contribution < -0.4 is 10.0 Å². The summed E-state index contributed by atoms with van der Waals surface area (Å²) in [6, 6.07) is 20.8. The second-order valence-corrected chi connectivity index (χ2v) is 10.0. The Morgan fingerprint density at radius 1 is 0.971 bits per heavy atom. The van der Waals surface area contributed by atoms with Gasteiger partial charge in [0.2, 0.25) is 5.91 Å². The molecule has 1 heterocycles. The van der Waals surface area contributed by atoms with E-state index in [1.165, 1.54) is 24.3 Å². The summed E-state index contributed by atoms with van der Waals surface area (Å²) in [6.45, 7) is 3.52. The molecule has 7 nitrogen and oxygen atoms in total. The van der Waals surface area contributed by atoms with E-state index in [0.717, 1.165) is 29.7 Å². The van der Waals surface area contributed by atoms with Crippen molar-refractivity contribution in [3.8, 4) is 0 Å². The van der Waals surface area contributed by atoms with E-state index in [1.807, 2.05) is 48.2 Å². The molecule has 1 fully saturated rings. The predicted octanol–water partition coefficient (Wildman–Crippen LogP) is 3.85. The van der Waals surface area contributed by atoms with Crippen LogP contribution in [0.15, 0.2) is 77.7 Å². The third-order valence-electron chi connectivity index (χ3n) is 5.81. The fourth-order valence-electron chi connectivity index (χ4n) is 3.89. The number of para-hydroxylation sites is 1. The summed E-state index contributed by atoms with van der Waals surface area (Å²) in [5, 5.41) is 2.87. The lowest BCUT2D eigenvalue weighted by molar-refractivity contribution is -0.128. The van der Waals surface area contributed by atoms with Gasteiger partial charge in [0, 0.05) is 31.6 Å². The van der Waals surface area contributed by atoms with Gasteiger partial charge in [-0.3, -0.25) is 14.3 Å². The summed E-state index contributed by atoms with van der Waals surface area (Å²) >= 11 is 0. The summed E-state index contributed by atoms with van der Waals surface area (Å²) < 4.78 is 28.0. The molecule has 3 aromatic carbocycles. The minimum atomic E-state index is -3.76. The molecule has 2 amide bonds. The van der Waals surface area contributed by atoms with Gasteiger partial charge in [0.05, 0.1) is 10.6 Å². The van der Waals surface area contributed by atoms with Crippen LogP contribution in [0.25, 0.3) is 0 Å². The standard InChI is InChI=1S/C26H27N3O4S/c1-19-6-2-3-9-24(19)28-34(32,33)23-13-11-22(12-14-23)26(31)27-17-20-7-4-8-21(16-20)18-29-15-5-10-25(29)30/h2-4,6-9,11-14,16,28H,5,10,15,17-18H2,1H3,(H,27,31). The van der Waals surface area contributed by atoms with Crippen molar-refractivity contribution >= 4 is 27.5 Å².